The van der Waals surface area contributed by atoms with Crippen LogP contribution in [0.25, 0.3) is 0 Å². The number of nitrogens with one attached hydrogen (secondary N) is 1. The number of aliphatic carboxylic acids is 1. The third-order valence-electron chi connectivity index (χ3n) is 3.91. The van der Waals surface area contributed by atoms with E-state index >= 15 is 0 Å². The first-order valence-corrected chi connectivity index (χ1v) is 8.15. The molecule has 2 aromatic rings. The molecule has 6 heteroatoms. The first-order chi connectivity index (χ1) is 12.0. The Morgan fingerprint density at radius 3 is 2.52 bits per heavy atom. The van der Waals surface area contributed by atoms with Gasteiger partial charge in [-0.2, -0.15) is 0 Å². The van der Waals surface area contributed by atoms with Gasteiger partial charge < -0.3 is 15.3 Å². The molecule has 1 unspecified atom stereocenters. The molecule has 0 fully saturated rings. The average molecular weight is 341 g/mol. The highest BCUT2D eigenvalue weighted by molar-refractivity contribution is 5.75. The fourth-order valence-corrected chi connectivity index (χ4v) is 2.40. The van der Waals surface area contributed by atoms with Crippen LogP contribution in [0.3, 0.4) is 0 Å². The van der Waals surface area contributed by atoms with Gasteiger partial charge in [-0.1, -0.05) is 35.9 Å². The monoisotopic (exact) mass is 341 g/mol. The van der Waals surface area contributed by atoms with Gasteiger partial charge in [-0.3, -0.25) is 9.78 Å². The number of urea groups is 1. The van der Waals surface area contributed by atoms with Crippen LogP contribution in [-0.2, 0) is 11.2 Å². The van der Waals surface area contributed by atoms with Gasteiger partial charge in [-0.15, -0.1) is 0 Å². The van der Waals surface area contributed by atoms with Crippen molar-refractivity contribution in [3.05, 3.63) is 65.5 Å². The molecule has 2 rings (SSSR count). The number of amides is 2. The van der Waals surface area contributed by atoms with Gasteiger partial charge in [0, 0.05) is 19.8 Å². The molecule has 0 aliphatic rings. The predicted molar refractivity (Wildman–Crippen MR) is 95.3 cm³/mol. The normalized spacial score (nSPS) is 11.6. The van der Waals surface area contributed by atoms with E-state index in [2.05, 4.69) is 10.3 Å². The Morgan fingerprint density at radius 1 is 1.20 bits per heavy atom. The quantitative estimate of drug-likeness (QED) is 0.811. The second-order valence-electron chi connectivity index (χ2n) is 6.01. The minimum absolute atomic E-state index is 0.0872. The Kier molecular flexibility index (Phi) is 6.51. The molecule has 2 N–H and O–H groups in total. The Balaban J connectivity index is 2.10. The molecule has 1 atom stereocenters. The largest absolute Gasteiger partial charge is 0.481 e. The number of carbonyl (C=O) groups is 2. The standard InChI is InChI=1S/C19H23N3O3/c1-14-6-8-15(9-7-14)13-17(16-5-3-4-11-20-16)21-19(25)22(2)12-10-18(23)24/h3-9,11,17H,10,12-13H2,1-2H3,(H,21,25)(H,23,24). The summed E-state index contributed by atoms with van der Waals surface area (Å²) < 4.78 is 0. The van der Waals surface area contributed by atoms with Gasteiger partial charge in [0.25, 0.3) is 0 Å². The topological polar surface area (TPSA) is 82.5 Å². The number of nitrogens with zero attached hydrogens (tertiary/aromatic N) is 2. The molecule has 25 heavy (non-hydrogen) atoms. The summed E-state index contributed by atoms with van der Waals surface area (Å²) in [6.45, 7) is 2.18. The zero-order valence-electron chi connectivity index (χ0n) is 14.5. The van der Waals surface area contributed by atoms with E-state index in [0.717, 1.165) is 11.3 Å². The van der Waals surface area contributed by atoms with Crippen molar-refractivity contribution in [2.45, 2.75) is 25.8 Å². The van der Waals surface area contributed by atoms with Crippen LogP contribution in [0.5, 0.6) is 0 Å². The highest BCUT2D eigenvalue weighted by Gasteiger charge is 2.19. The molecule has 0 radical (unpaired) electrons. The lowest BCUT2D eigenvalue weighted by Gasteiger charge is -2.23. The van der Waals surface area contributed by atoms with E-state index in [1.54, 1.807) is 13.2 Å². The SMILES string of the molecule is Cc1ccc(CC(NC(=O)N(C)CCC(=O)O)c2ccccn2)cc1. The fourth-order valence-electron chi connectivity index (χ4n) is 2.40. The van der Waals surface area contributed by atoms with Crippen LogP contribution >= 0.6 is 0 Å². The van der Waals surface area contributed by atoms with Gasteiger partial charge in [0.15, 0.2) is 0 Å². The van der Waals surface area contributed by atoms with Crippen molar-refractivity contribution in [1.82, 2.24) is 15.2 Å². The molecule has 1 aromatic heterocycles. The summed E-state index contributed by atoms with van der Waals surface area (Å²) in [5, 5.41) is 11.7. The van der Waals surface area contributed by atoms with Crippen LogP contribution in [0.2, 0.25) is 0 Å². The zero-order chi connectivity index (χ0) is 18.2. The second kappa shape index (κ2) is 8.82. The third-order valence-corrected chi connectivity index (χ3v) is 3.91. The predicted octanol–water partition coefficient (Wildman–Crippen LogP) is 2.79. The number of carboxylic acids is 1. The van der Waals surface area contributed by atoms with E-state index in [1.807, 2.05) is 49.4 Å². The summed E-state index contributed by atoms with van der Waals surface area (Å²) in [5.74, 6) is -0.930. The lowest BCUT2D eigenvalue weighted by atomic mass is 10.0. The number of hydrogen-bond acceptors (Lipinski definition) is 3. The van der Waals surface area contributed by atoms with Crippen molar-refractivity contribution in [2.24, 2.45) is 0 Å². The van der Waals surface area contributed by atoms with E-state index in [1.165, 1.54) is 10.5 Å². The van der Waals surface area contributed by atoms with E-state index < -0.39 is 5.97 Å². The minimum Gasteiger partial charge on any atom is -0.481 e. The number of benzene rings is 1. The number of hydrogen-bond donors (Lipinski definition) is 2. The molecule has 0 spiro atoms. The Morgan fingerprint density at radius 2 is 1.92 bits per heavy atom. The van der Waals surface area contributed by atoms with Gasteiger partial charge in [0.1, 0.15) is 0 Å². The van der Waals surface area contributed by atoms with E-state index in [4.69, 9.17) is 5.11 Å². The lowest BCUT2D eigenvalue weighted by Crippen LogP contribution is -2.41. The van der Waals surface area contributed by atoms with Crippen LogP contribution in [0.1, 0.15) is 29.3 Å². The summed E-state index contributed by atoms with van der Waals surface area (Å²) in [4.78, 5) is 28.8. The Labute approximate surface area is 147 Å². The molecule has 0 aliphatic carbocycles. The van der Waals surface area contributed by atoms with Crippen LogP contribution < -0.4 is 5.32 Å². The molecule has 1 aromatic carbocycles. The van der Waals surface area contributed by atoms with Crippen molar-refractivity contribution >= 4 is 12.0 Å². The first-order valence-electron chi connectivity index (χ1n) is 8.15. The molecule has 6 nitrogen and oxygen atoms in total. The second-order valence-corrected chi connectivity index (χ2v) is 6.01. The minimum atomic E-state index is -0.930. The highest BCUT2D eigenvalue weighted by atomic mass is 16.4. The highest BCUT2D eigenvalue weighted by Crippen LogP contribution is 2.17. The summed E-state index contributed by atoms with van der Waals surface area (Å²) >= 11 is 0. The van der Waals surface area contributed by atoms with Crippen molar-refractivity contribution in [3.63, 3.8) is 0 Å². The third kappa shape index (κ3) is 5.91. The smallest absolute Gasteiger partial charge is 0.317 e. The molecule has 132 valence electrons. The Hall–Kier alpha value is -2.89. The molecular weight excluding hydrogens is 318 g/mol. The summed E-state index contributed by atoms with van der Waals surface area (Å²) in [6, 6.07) is 13.1. The number of aromatic nitrogens is 1. The van der Waals surface area contributed by atoms with Crippen LogP contribution in [0.4, 0.5) is 4.79 Å². The van der Waals surface area contributed by atoms with Gasteiger partial charge in [0.2, 0.25) is 0 Å². The molecular formula is C19H23N3O3. The van der Waals surface area contributed by atoms with E-state index in [0.29, 0.717) is 6.42 Å². The maximum atomic E-state index is 12.4. The number of pyridine rings is 1. The zero-order valence-corrected chi connectivity index (χ0v) is 14.5. The Bertz CT molecular complexity index is 702. The summed E-state index contributed by atoms with van der Waals surface area (Å²) in [6.07, 6.45) is 2.21. The number of rotatable bonds is 7. The average Bonchev–Trinajstić information content (AvgIpc) is 2.61. The van der Waals surface area contributed by atoms with E-state index in [9.17, 15) is 9.59 Å². The molecule has 0 saturated heterocycles. The maximum Gasteiger partial charge on any atom is 0.317 e. The van der Waals surface area contributed by atoms with Crippen LogP contribution in [0.15, 0.2) is 48.7 Å². The van der Waals surface area contributed by atoms with Crippen molar-refractivity contribution in [3.8, 4) is 0 Å². The van der Waals surface area contributed by atoms with Crippen LogP contribution in [-0.4, -0.2) is 40.6 Å². The lowest BCUT2D eigenvalue weighted by molar-refractivity contribution is -0.137. The summed E-state index contributed by atoms with van der Waals surface area (Å²) in [7, 11) is 1.58. The number of carboxylic acid groups (broad SMARTS) is 1. The number of aryl methyl sites for hydroxylation is 1. The molecule has 0 saturated carbocycles. The van der Waals surface area contributed by atoms with Crippen molar-refractivity contribution in [2.75, 3.05) is 13.6 Å². The molecule has 0 aliphatic heterocycles. The maximum absolute atomic E-state index is 12.4. The van der Waals surface area contributed by atoms with Gasteiger partial charge in [0.05, 0.1) is 18.2 Å². The molecule has 2 amide bonds. The first kappa shape index (κ1) is 18.4. The van der Waals surface area contributed by atoms with Crippen molar-refractivity contribution < 1.29 is 14.7 Å². The summed E-state index contributed by atoms with van der Waals surface area (Å²) in [5.41, 5.74) is 3.04. The van der Waals surface area contributed by atoms with Gasteiger partial charge >= 0.3 is 12.0 Å². The fraction of sp³-hybridized carbons (Fsp3) is 0.316. The molecule has 1 heterocycles. The molecule has 0 bridgehead atoms. The van der Waals surface area contributed by atoms with Gasteiger partial charge in [-0.05, 0) is 31.0 Å². The van der Waals surface area contributed by atoms with Crippen LogP contribution in [0, 0.1) is 6.92 Å². The van der Waals surface area contributed by atoms with E-state index in [-0.39, 0.29) is 25.0 Å². The van der Waals surface area contributed by atoms with Crippen molar-refractivity contribution in [1.29, 1.82) is 0 Å². The van der Waals surface area contributed by atoms with Gasteiger partial charge in [-0.25, -0.2) is 4.79 Å². The number of carbonyl (C=O) groups excluding carboxylic acids is 1.